The van der Waals surface area contributed by atoms with Crippen LogP contribution in [0.1, 0.15) is 46.0 Å². The molecule has 3 heteroatoms. The Hall–Kier alpha value is -0.830. The maximum Gasteiger partial charge on any atom is 0.324 e. The van der Waals surface area contributed by atoms with E-state index in [1.54, 1.807) is 0 Å². The van der Waals surface area contributed by atoms with Gasteiger partial charge < -0.3 is 5.11 Å². The summed E-state index contributed by atoms with van der Waals surface area (Å²) in [5.41, 5.74) is 0.510. The molecule has 3 nitrogen and oxygen atoms in total. The normalized spacial score (nSPS) is 25.9. The van der Waals surface area contributed by atoms with E-state index in [0.29, 0.717) is 0 Å². The van der Waals surface area contributed by atoms with E-state index in [1.165, 1.54) is 0 Å². The van der Waals surface area contributed by atoms with Crippen LogP contribution in [0, 0.1) is 0 Å². The highest BCUT2D eigenvalue weighted by Gasteiger charge is 2.46. The van der Waals surface area contributed by atoms with Gasteiger partial charge in [-0.05, 0) is 32.2 Å². The first-order valence-electron chi connectivity index (χ1n) is 6.22. The van der Waals surface area contributed by atoms with E-state index in [9.17, 15) is 9.90 Å². The van der Waals surface area contributed by atoms with Crippen molar-refractivity contribution in [2.45, 2.75) is 51.5 Å². The number of hydrogen-bond acceptors (Lipinski definition) is 2. The van der Waals surface area contributed by atoms with E-state index in [2.05, 4.69) is 25.3 Å². The maximum absolute atomic E-state index is 11.5. The van der Waals surface area contributed by atoms with Crippen LogP contribution in [-0.2, 0) is 4.79 Å². The fraction of sp³-hybridized carbons (Fsp3) is 0.769. The smallest absolute Gasteiger partial charge is 0.324 e. The van der Waals surface area contributed by atoms with E-state index in [0.717, 1.165) is 50.8 Å². The van der Waals surface area contributed by atoms with Crippen LogP contribution in [0.15, 0.2) is 12.2 Å². The van der Waals surface area contributed by atoms with Crippen LogP contribution in [0.2, 0.25) is 0 Å². The lowest BCUT2D eigenvalue weighted by Crippen LogP contribution is -2.51. The molecular weight excluding hydrogens is 202 g/mol. The van der Waals surface area contributed by atoms with Gasteiger partial charge in [0.2, 0.25) is 0 Å². The summed E-state index contributed by atoms with van der Waals surface area (Å²) in [4.78, 5) is 13.6. The molecule has 1 saturated heterocycles. The summed E-state index contributed by atoms with van der Waals surface area (Å²) in [6.45, 7) is 9.74. The summed E-state index contributed by atoms with van der Waals surface area (Å²) in [7, 11) is 0. The minimum atomic E-state index is -0.657. The van der Waals surface area contributed by atoms with Crippen molar-refractivity contribution in [1.29, 1.82) is 0 Å². The van der Waals surface area contributed by atoms with E-state index in [4.69, 9.17) is 0 Å². The Balaban J connectivity index is 2.80. The standard InChI is InChI=1S/C13H23NO2/c1-4-7-13(12(15)16)8-6-9-14(13)10-11(3)5-2/h3-10H2,1-2H3,(H,15,16). The predicted molar refractivity (Wildman–Crippen MR) is 65.5 cm³/mol. The van der Waals surface area contributed by atoms with Crippen LogP contribution >= 0.6 is 0 Å². The molecule has 1 unspecified atom stereocenters. The summed E-state index contributed by atoms with van der Waals surface area (Å²) >= 11 is 0. The molecular formula is C13H23NO2. The van der Waals surface area contributed by atoms with Crippen molar-refractivity contribution < 1.29 is 9.90 Å². The predicted octanol–water partition coefficient (Wildman–Crippen LogP) is 2.67. The molecule has 0 radical (unpaired) electrons. The van der Waals surface area contributed by atoms with Gasteiger partial charge in [0, 0.05) is 6.54 Å². The van der Waals surface area contributed by atoms with Gasteiger partial charge in [0.05, 0.1) is 0 Å². The van der Waals surface area contributed by atoms with Gasteiger partial charge in [-0.15, -0.1) is 0 Å². The Bertz CT molecular complexity index is 275. The average molecular weight is 225 g/mol. The molecule has 0 aromatic heterocycles. The van der Waals surface area contributed by atoms with Gasteiger partial charge in [-0.1, -0.05) is 32.4 Å². The molecule has 1 aliphatic heterocycles. The lowest BCUT2D eigenvalue weighted by Gasteiger charge is -2.35. The van der Waals surface area contributed by atoms with Crippen molar-refractivity contribution in [2.24, 2.45) is 0 Å². The van der Waals surface area contributed by atoms with Crippen molar-refractivity contribution in [3.05, 3.63) is 12.2 Å². The zero-order valence-corrected chi connectivity index (χ0v) is 10.5. The Morgan fingerprint density at radius 1 is 1.50 bits per heavy atom. The molecule has 1 fully saturated rings. The second-order valence-corrected chi connectivity index (χ2v) is 4.72. The van der Waals surface area contributed by atoms with E-state index < -0.39 is 11.5 Å². The second kappa shape index (κ2) is 5.48. The van der Waals surface area contributed by atoms with Gasteiger partial charge >= 0.3 is 5.97 Å². The third-order valence-electron chi connectivity index (χ3n) is 3.60. The van der Waals surface area contributed by atoms with Crippen LogP contribution in [0.3, 0.4) is 0 Å². The molecule has 0 amide bonds. The number of hydrogen-bond donors (Lipinski definition) is 1. The molecule has 0 aromatic rings. The summed E-state index contributed by atoms with van der Waals surface area (Å²) < 4.78 is 0. The fourth-order valence-corrected chi connectivity index (χ4v) is 2.59. The Morgan fingerprint density at radius 2 is 2.19 bits per heavy atom. The number of nitrogens with zero attached hydrogens (tertiary/aromatic N) is 1. The molecule has 0 saturated carbocycles. The third-order valence-corrected chi connectivity index (χ3v) is 3.60. The van der Waals surface area contributed by atoms with Gasteiger partial charge in [0.25, 0.3) is 0 Å². The highest BCUT2D eigenvalue weighted by atomic mass is 16.4. The number of carboxylic acids is 1. The van der Waals surface area contributed by atoms with E-state index in [1.807, 2.05) is 0 Å². The van der Waals surface area contributed by atoms with Crippen molar-refractivity contribution in [3.8, 4) is 0 Å². The first kappa shape index (κ1) is 13.2. The summed E-state index contributed by atoms with van der Waals surface area (Å²) in [6.07, 6.45) is 4.37. The van der Waals surface area contributed by atoms with Crippen LogP contribution in [0.25, 0.3) is 0 Å². The number of likely N-dealkylation sites (tertiary alicyclic amines) is 1. The zero-order chi connectivity index (χ0) is 12.2. The van der Waals surface area contributed by atoms with Crippen molar-refractivity contribution >= 4 is 5.97 Å². The molecule has 0 aromatic carbocycles. The van der Waals surface area contributed by atoms with E-state index >= 15 is 0 Å². The Labute approximate surface area is 98.1 Å². The second-order valence-electron chi connectivity index (χ2n) is 4.72. The quantitative estimate of drug-likeness (QED) is 0.706. The molecule has 1 rings (SSSR count). The molecule has 1 atom stereocenters. The van der Waals surface area contributed by atoms with Gasteiger partial charge in [0.1, 0.15) is 5.54 Å². The molecule has 1 heterocycles. The SMILES string of the molecule is C=C(CC)CN1CCCC1(CCC)C(=O)O. The van der Waals surface area contributed by atoms with Gasteiger partial charge in [-0.3, -0.25) is 9.69 Å². The van der Waals surface area contributed by atoms with Crippen molar-refractivity contribution in [2.75, 3.05) is 13.1 Å². The van der Waals surface area contributed by atoms with Gasteiger partial charge in [-0.2, -0.15) is 0 Å². The third kappa shape index (κ3) is 2.46. The summed E-state index contributed by atoms with van der Waals surface area (Å²) in [6, 6.07) is 0. The molecule has 0 spiro atoms. The average Bonchev–Trinajstić information content (AvgIpc) is 2.63. The molecule has 1 N–H and O–H groups in total. The zero-order valence-electron chi connectivity index (χ0n) is 10.5. The van der Waals surface area contributed by atoms with Gasteiger partial charge in [-0.25, -0.2) is 0 Å². The van der Waals surface area contributed by atoms with Crippen molar-refractivity contribution in [1.82, 2.24) is 4.90 Å². The van der Waals surface area contributed by atoms with Gasteiger partial charge in [0.15, 0.2) is 0 Å². The van der Waals surface area contributed by atoms with Crippen LogP contribution in [0.4, 0.5) is 0 Å². The minimum absolute atomic E-state index is 0.618. The minimum Gasteiger partial charge on any atom is -0.480 e. The molecule has 16 heavy (non-hydrogen) atoms. The molecule has 0 bridgehead atoms. The first-order valence-corrected chi connectivity index (χ1v) is 6.22. The highest BCUT2D eigenvalue weighted by molar-refractivity contribution is 5.79. The number of aliphatic carboxylic acids is 1. The monoisotopic (exact) mass is 225 g/mol. The Kier molecular flexibility index (Phi) is 4.54. The molecule has 0 aliphatic carbocycles. The lowest BCUT2D eigenvalue weighted by molar-refractivity contribution is -0.150. The Morgan fingerprint density at radius 3 is 2.69 bits per heavy atom. The number of carboxylic acid groups (broad SMARTS) is 1. The van der Waals surface area contributed by atoms with Crippen LogP contribution in [-0.4, -0.2) is 34.6 Å². The van der Waals surface area contributed by atoms with E-state index in [-0.39, 0.29) is 0 Å². The molecule has 1 aliphatic rings. The largest absolute Gasteiger partial charge is 0.480 e. The van der Waals surface area contributed by atoms with Crippen LogP contribution < -0.4 is 0 Å². The van der Waals surface area contributed by atoms with Crippen LogP contribution in [0.5, 0.6) is 0 Å². The number of carbonyl (C=O) groups is 1. The highest BCUT2D eigenvalue weighted by Crippen LogP contribution is 2.34. The maximum atomic E-state index is 11.5. The molecule has 92 valence electrons. The lowest BCUT2D eigenvalue weighted by atomic mass is 9.90. The number of rotatable bonds is 6. The van der Waals surface area contributed by atoms with Crippen molar-refractivity contribution in [3.63, 3.8) is 0 Å². The summed E-state index contributed by atoms with van der Waals surface area (Å²) in [5.74, 6) is -0.657. The topological polar surface area (TPSA) is 40.5 Å². The summed E-state index contributed by atoms with van der Waals surface area (Å²) in [5, 5.41) is 9.48. The fourth-order valence-electron chi connectivity index (χ4n) is 2.59. The first-order chi connectivity index (χ1) is 7.56.